The number of H-pyrrole nitrogens is 1. The molecule has 0 spiro atoms. The summed E-state index contributed by atoms with van der Waals surface area (Å²) in [5.41, 5.74) is 9.20. The first kappa shape index (κ1) is 10.1. The largest absolute Gasteiger partial charge is 0.396 e. The van der Waals surface area contributed by atoms with Crippen LogP contribution in [-0.2, 0) is 0 Å². The Bertz CT molecular complexity index is 888. The van der Waals surface area contributed by atoms with E-state index in [4.69, 9.17) is 5.73 Å². The Hall–Kier alpha value is -2.89. The SMILES string of the molecule is Nc1cccnc1-n1cnc2cnc3[nH]ccc3c21. The minimum Gasteiger partial charge on any atom is -0.396 e. The van der Waals surface area contributed by atoms with E-state index < -0.39 is 0 Å². The van der Waals surface area contributed by atoms with Gasteiger partial charge in [-0.3, -0.25) is 4.57 Å². The van der Waals surface area contributed by atoms with Crippen molar-refractivity contribution in [1.82, 2.24) is 24.5 Å². The third kappa shape index (κ3) is 1.33. The number of anilines is 1. The van der Waals surface area contributed by atoms with Crippen molar-refractivity contribution in [3.8, 4) is 5.82 Å². The minimum atomic E-state index is 0.613. The number of rotatable bonds is 1. The number of hydrogen-bond acceptors (Lipinski definition) is 4. The predicted molar refractivity (Wildman–Crippen MR) is 72.9 cm³/mol. The molecule has 0 saturated heterocycles. The molecule has 4 heterocycles. The predicted octanol–water partition coefficient (Wildman–Crippen LogP) is 1.88. The molecule has 3 N–H and O–H groups in total. The van der Waals surface area contributed by atoms with Crippen LogP contribution < -0.4 is 5.73 Å². The van der Waals surface area contributed by atoms with Crippen molar-refractivity contribution >= 4 is 27.8 Å². The van der Waals surface area contributed by atoms with Gasteiger partial charge in [0.1, 0.15) is 17.5 Å². The maximum atomic E-state index is 5.99. The van der Waals surface area contributed by atoms with Crippen LogP contribution in [0.3, 0.4) is 0 Å². The second-order valence-electron chi connectivity index (χ2n) is 4.26. The van der Waals surface area contributed by atoms with E-state index in [0.29, 0.717) is 11.5 Å². The number of nitrogens with one attached hydrogen (secondary N) is 1. The summed E-state index contributed by atoms with van der Waals surface area (Å²) in [4.78, 5) is 16.1. The standard InChI is InChI=1S/C13H10N6/c14-9-2-1-4-16-13(9)19-7-18-10-6-17-12-8(11(10)19)3-5-15-12/h1-7H,14H2,(H,15,17). The van der Waals surface area contributed by atoms with Gasteiger partial charge in [0.05, 0.1) is 17.4 Å². The lowest BCUT2D eigenvalue weighted by molar-refractivity contribution is 1.03. The van der Waals surface area contributed by atoms with Crippen LogP contribution in [0.4, 0.5) is 5.69 Å². The van der Waals surface area contributed by atoms with Gasteiger partial charge < -0.3 is 10.7 Å². The monoisotopic (exact) mass is 250 g/mol. The highest BCUT2D eigenvalue weighted by Crippen LogP contribution is 2.25. The van der Waals surface area contributed by atoms with Crippen LogP contribution in [0, 0.1) is 0 Å². The summed E-state index contributed by atoms with van der Waals surface area (Å²) in [5.74, 6) is 0.679. The molecule has 0 radical (unpaired) electrons. The van der Waals surface area contributed by atoms with E-state index in [9.17, 15) is 0 Å². The molecule has 0 aliphatic rings. The quantitative estimate of drug-likeness (QED) is 0.540. The Morgan fingerprint density at radius 3 is 3.00 bits per heavy atom. The minimum absolute atomic E-state index is 0.613. The topological polar surface area (TPSA) is 85.4 Å². The van der Waals surface area contributed by atoms with Crippen LogP contribution in [-0.4, -0.2) is 24.5 Å². The molecule has 0 aliphatic carbocycles. The molecular formula is C13H10N6. The Balaban J connectivity index is 2.16. The maximum Gasteiger partial charge on any atom is 0.161 e. The Kier molecular flexibility index (Phi) is 1.88. The molecular weight excluding hydrogens is 240 g/mol. The molecule has 0 aliphatic heterocycles. The molecule has 0 saturated carbocycles. The summed E-state index contributed by atoms with van der Waals surface area (Å²) in [6.07, 6.45) is 7.03. The van der Waals surface area contributed by atoms with Gasteiger partial charge in [0.2, 0.25) is 0 Å². The van der Waals surface area contributed by atoms with E-state index in [0.717, 1.165) is 22.1 Å². The number of nitrogens with two attached hydrogens (primary N) is 1. The number of aromatic amines is 1. The van der Waals surface area contributed by atoms with E-state index >= 15 is 0 Å². The van der Waals surface area contributed by atoms with Crippen molar-refractivity contribution in [2.75, 3.05) is 5.73 Å². The highest BCUT2D eigenvalue weighted by atomic mass is 15.1. The lowest BCUT2D eigenvalue weighted by Crippen LogP contribution is -2.01. The Morgan fingerprint density at radius 1 is 1.16 bits per heavy atom. The van der Waals surface area contributed by atoms with Crippen LogP contribution in [0.1, 0.15) is 0 Å². The van der Waals surface area contributed by atoms with Crippen LogP contribution in [0.2, 0.25) is 0 Å². The number of aromatic nitrogens is 5. The van der Waals surface area contributed by atoms with Gasteiger partial charge in [-0.2, -0.15) is 0 Å². The number of nitrogens with zero attached hydrogens (tertiary/aromatic N) is 4. The molecule has 0 atom stereocenters. The molecule has 19 heavy (non-hydrogen) atoms. The molecule has 92 valence electrons. The van der Waals surface area contributed by atoms with Crippen molar-refractivity contribution in [1.29, 1.82) is 0 Å². The van der Waals surface area contributed by atoms with E-state index in [1.165, 1.54) is 0 Å². The first-order chi connectivity index (χ1) is 9.34. The number of fused-ring (bicyclic) bond motifs is 3. The highest BCUT2D eigenvalue weighted by molar-refractivity contribution is 6.01. The number of pyridine rings is 2. The fourth-order valence-electron chi connectivity index (χ4n) is 2.28. The molecule has 0 unspecified atom stereocenters. The highest BCUT2D eigenvalue weighted by Gasteiger charge is 2.12. The van der Waals surface area contributed by atoms with Gasteiger partial charge in [0.15, 0.2) is 5.82 Å². The molecule has 0 fully saturated rings. The Morgan fingerprint density at radius 2 is 2.11 bits per heavy atom. The van der Waals surface area contributed by atoms with E-state index in [1.54, 1.807) is 18.7 Å². The lowest BCUT2D eigenvalue weighted by atomic mass is 10.3. The van der Waals surface area contributed by atoms with E-state index in [2.05, 4.69) is 19.9 Å². The second-order valence-corrected chi connectivity index (χ2v) is 4.26. The van der Waals surface area contributed by atoms with Gasteiger partial charge in [-0.15, -0.1) is 0 Å². The van der Waals surface area contributed by atoms with Crippen LogP contribution in [0.15, 0.2) is 43.1 Å². The summed E-state index contributed by atoms with van der Waals surface area (Å²) < 4.78 is 1.89. The van der Waals surface area contributed by atoms with Crippen molar-refractivity contribution in [2.45, 2.75) is 0 Å². The lowest BCUT2D eigenvalue weighted by Gasteiger charge is -2.06. The average Bonchev–Trinajstić information content (AvgIpc) is 3.04. The first-order valence-electron chi connectivity index (χ1n) is 5.84. The van der Waals surface area contributed by atoms with Gasteiger partial charge >= 0.3 is 0 Å². The van der Waals surface area contributed by atoms with Crippen molar-refractivity contribution < 1.29 is 0 Å². The fourth-order valence-corrected chi connectivity index (χ4v) is 2.28. The molecule has 4 rings (SSSR count). The summed E-state index contributed by atoms with van der Waals surface area (Å²) in [5, 5.41) is 1.00. The zero-order valence-corrected chi connectivity index (χ0v) is 9.91. The molecule has 0 bridgehead atoms. The zero-order valence-electron chi connectivity index (χ0n) is 9.91. The van der Waals surface area contributed by atoms with Crippen molar-refractivity contribution in [2.24, 2.45) is 0 Å². The second kappa shape index (κ2) is 3.55. The van der Waals surface area contributed by atoms with Crippen LogP contribution >= 0.6 is 0 Å². The Labute approximate surface area is 107 Å². The van der Waals surface area contributed by atoms with Crippen LogP contribution in [0.25, 0.3) is 27.9 Å². The van der Waals surface area contributed by atoms with Gasteiger partial charge in [0, 0.05) is 17.8 Å². The smallest absolute Gasteiger partial charge is 0.161 e. The summed E-state index contributed by atoms with van der Waals surface area (Å²) in [7, 11) is 0. The van der Waals surface area contributed by atoms with Crippen molar-refractivity contribution in [3.63, 3.8) is 0 Å². The fraction of sp³-hybridized carbons (Fsp3) is 0. The van der Waals surface area contributed by atoms with Gasteiger partial charge in [-0.25, -0.2) is 15.0 Å². The number of nitrogen functional groups attached to an aromatic ring is 1. The van der Waals surface area contributed by atoms with E-state index in [-0.39, 0.29) is 0 Å². The molecule has 6 nitrogen and oxygen atoms in total. The van der Waals surface area contributed by atoms with E-state index in [1.807, 2.05) is 29.0 Å². The number of hydrogen-bond donors (Lipinski definition) is 2. The van der Waals surface area contributed by atoms with Gasteiger partial charge in [-0.05, 0) is 18.2 Å². The molecule has 0 aromatic carbocycles. The summed E-state index contributed by atoms with van der Waals surface area (Å²) in [6, 6.07) is 5.61. The zero-order chi connectivity index (χ0) is 12.8. The average molecular weight is 250 g/mol. The van der Waals surface area contributed by atoms with Gasteiger partial charge in [0.25, 0.3) is 0 Å². The third-order valence-corrected chi connectivity index (χ3v) is 3.14. The normalized spacial score (nSPS) is 11.4. The maximum absolute atomic E-state index is 5.99. The first-order valence-corrected chi connectivity index (χ1v) is 5.84. The summed E-state index contributed by atoms with van der Waals surface area (Å²) in [6.45, 7) is 0. The van der Waals surface area contributed by atoms with Gasteiger partial charge in [-0.1, -0.05) is 0 Å². The molecule has 4 aromatic rings. The molecule has 4 aromatic heterocycles. The number of imidazole rings is 1. The third-order valence-electron chi connectivity index (χ3n) is 3.14. The van der Waals surface area contributed by atoms with Crippen molar-refractivity contribution in [3.05, 3.63) is 43.1 Å². The van der Waals surface area contributed by atoms with Crippen LogP contribution in [0.5, 0.6) is 0 Å². The molecule has 0 amide bonds. The summed E-state index contributed by atoms with van der Waals surface area (Å²) >= 11 is 0. The molecule has 6 heteroatoms.